The van der Waals surface area contributed by atoms with Gasteiger partial charge in [-0.2, -0.15) is 0 Å². The molecule has 150 valence electrons. The molecule has 1 fully saturated rings. The van der Waals surface area contributed by atoms with Gasteiger partial charge >= 0.3 is 0 Å². The Morgan fingerprint density at radius 2 is 1.85 bits per heavy atom. The van der Waals surface area contributed by atoms with Crippen molar-refractivity contribution in [2.75, 3.05) is 65.6 Å². The first-order chi connectivity index (χ1) is 13.3. The molecule has 0 aliphatic carbocycles. The van der Waals surface area contributed by atoms with Crippen LogP contribution in [0.3, 0.4) is 0 Å². The largest absolute Gasteiger partial charge is 0.379 e. The van der Waals surface area contributed by atoms with Gasteiger partial charge in [0.05, 0.1) is 13.2 Å². The van der Waals surface area contributed by atoms with Gasteiger partial charge in [0.1, 0.15) is 0 Å². The Kier molecular flexibility index (Phi) is 8.39. The molecule has 1 saturated heterocycles. The molecule has 0 amide bonds. The van der Waals surface area contributed by atoms with Crippen LogP contribution in [-0.2, 0) is 17.7 Å². The van der Waals surface area contributed by atoms with Crippen molar-refractivity contribution in [3.8, 4) is 0 Å². The molecule has 2 aliphatic heterocycles. The van der Waals surface area contributed by atoms with Crippen LogP contribution in [0.1, 0.15) is 24.5 Å². The van der Waals surface area contributed by atoms with E-state index >= 15 is 0 Å². The number of benzene rings is 1. The third-order valence-corrected chi connectivity index (χ3v) is 5.28. The highest BCUT2D eigenvalue weighted by molar-refractivity contribution is 5.79. The van der Waals surface area contributed by atoms with Crippen molar-refractivity contribution in [3.63, 3.8) is 0 Å². The summed E-state index contributed by atoms with van der Waals surface area (Å²) in [5.41, 5.74) is 3.01. The molecule has 6 nitrogen and oxygen atoms in total. The lowest BCUT2D eigenvalue weighted by atomic mass is 10.00. The van der Waals surface area contributed by atoms with Gasteiger partial charge in [-0.15, -0.1) is 0 Å². The van der Waals surface area contributed by atoms with Crippen LogP contribution < -0.4 is 10.6 Å². The van der Waals surface area contributed by atoms with Gasteiger partial charge in [0.15, 0.2) is 5.96 Å². The summed E-state index contributed by atoms with van der Waals surface area (Å²) in [6, 6.07) is 8.83. The van der Waals surface area contributed by atoms with Gasteiger partial charge in [-0.25, -0.2) is 0 Å². The molecule has 2 N–H and O–H groups in total. The summed E-state index contributed by atoms with van der Waals surface area (Å²) in [5, 5.41) is 6.82. The Labute approximate surface area is 164 Å². The maximum absolute atomic E-state index is 5.40. The van der Waals surface area contributed by atoms with Crippen molar-refractivity contribution in [2.24, 2.45) is 4.99 Å². The van der Waals surface area contributed by atoms with Gasteiger partial charge in [-0.05, 0) is 30.9 Å². The maximum Gasteiger partial charge on any atom is 0.191 e. The summed E-state index contributed by atoms with van der Waals surface area (Å²) in [7, 11) is 0. The average Bonchev–Trinajstić information content (AvgIpc) is 2.72. The number of hydrogen-bond acceptors (Lipinski definition) is 4. The Morgan fingerprint density at radius 1 is 1.04 bits per heavy atom. The number of ether oxygens (including phenoxy) is 1. The van der Waals surface area contributed by atoms with Gasteiger partial charge in [0.25, 0.3) is 0 Å². The van der Waals surface area contributed by atoms with Crippen LogP contribution in [0.2, 0.25) is 0 Å². The molecule has 1 aromatic rings. The molecule has 0 bridgehead atoms. The van der Waals surface area contributed by atoms with E-state index in [4.69, 9.17) is 9.73 Å². The number of hydrogen-bond donors (Lipinski definition) is 2. The summed E-state index contributed by atoms with van der Waals surface area (Å²) in [6.07, 6.45) is 2.27. The van der Waals surface area contributed by atoms with Gasteiger partial charge in [0, 0.05) is 58.9 Å². The second-order valence-electron chi connectivity index (χ2n) is 7.29. The molecule has 2 aliphatic rings. The van der Waals surface area contributed by atoms with Crippen LogP contribution >= 0.6 is 0 Å². The Balaban J connectivity index is 1.34. The van der Waals surface area contributed by atoms with Crippen LogP contribution in [0.25, 0.3) is 0 Å². The molecular weight excluding hydrogens is 338 g/mol. The number of nitrogens with zero attached hydrogens (tertiary/aromatic N) is 3. The lowest BCUT2D eigenvalue weighted by Crippen LogP contribution is -2.44. The molecule has 1 aromatic carbocycles. The van der Waals surface area contributed by atoms with Crippen LogP contribution in [-0.4, -0.2) is 81.3 Å². The van der Waals surface area contributed by atoms with Crippen molar-refractivity contribution < 1.29 is 4.74 Å². The number of aliphatic imine (C=N–C) groups is 1. The average molecular weight is 374 g/mol. The SMILES string of the molecule is CCNC(=NCCCN1CCc2ccccc2C1)NCCN1CCOCC1. The van der Waals surface area contributed by atoms with Crippen molar-refractivity contribution in [3.05, 3.63) is 35.4 Å². The minimum Gasteiger partial charge on any atom is -0.379 e. The minimum atomic E-state index is 0.856. The monoisotopic (exact) mass is 373 g/mol. The van der Waals surface area contributed by atoms with Gasteiger partial charge in [0.2, 0.25) is 0 Å². The highest BCUT2D eigenvalue weighted by atomic mass is 16.5. The van der Waals surface area contributed by atoms with Crippen LogP contribution in [0.4, 0.5) is 0 Å². The van der Waals surface area contributed by atoms with E-state index in [0.717, 1.165) is 78.0 Å². The second kappa shape index (κ2) is 11.3. The van der Waals surface area contributed by atoms with E-state index in [1.54, 1.807) is 0 Å². The van der Waals surface area contributed by atoms with Crippen molar-refractivity contribution in [1.29, 1.82) is 0 Å². The van der Waals surface area contributed by atoms with Crippen molar-refractivity contribution in [1.82, 2.24) is 20.4 Å². The number of nitrogens with one attached hydrogen (secondary N) is 2. The van der Waals surface area contributed by atoms with E-state index in [2.05, 4.69) is 51.6 Å². The molecule has 0 aromatic heterocycles. The predicted octanol–water partition coefficient (Wildman–Crippen LogP) is 1.32. The van der Waals surface area contributed by atoms with Crippen LogP contribution in [0.15, 0.2) is 29.3 Å². The molecule has 0 atom stereocenters. The molecule has 27 heavy (non-hydrogen) atoms. The molecule has 0 spiro atoms. The second-order valence-corrected chi connectivity index (χ2v) is 7.29. The van der Waals surface area contributed by atoms with Gasteiger partial charge in [-0.1, -0.05) is 24.3 Å². The minimum absolute atomic E-state index is 0.856. The summed E-state index contributed by atoms with van der Waals surface area (Å²) in [5.74, 6) is 0.940. The number of fused-ring (bicyclic) bond motifs is 1. The third-order valence-electron chi connectivity index (χ3n) is 5.28. The lowest BCUT2D eigenvalue weighted by Gasteiger charge is -2.28. The quantitative estimate of drug-likeness (QED) is 0.409. The fraction of sp³-hybridized carbons (Fsp3) is 0.667. The normalized spacial score (nSPS) is 18.9. The number of morpholine rings is 1. The molecule has 3 rings (SSSR count). The van der Waals surface area contributed by atoms with Crippen LogP contribution in [0, 0.1) is 0 Å². The maximum atomic E-state index is 5.40. The Morgan fingerprint density at radius 3 is 2.67 bits per heavy atom. The molecule has 0 radical (unpaired) electrons. The van der Waals surface area contributed by atoms with Gasteiger partial charge in [-0.3, -0.25) is 14.8 Å². The fourth-order valence-electron chi connectivity index (χ4n) is 3.73. The Hall–Kier alpha value is -1.63. The fourth-order valence-corrected chi connectivity index (χ4v) is 3.73. The first kappa shape index (κ1) is 20.1. The van der Waals surface area contributed by atoms with E-state index < -0.39 is 0 Å². The summed E-state index contributed by atoms with van der Waals surface area (Å²) in [6.45, 7) is 13.0. The lowest BCUT2D eigenvalue weighted by molar-refractivity contribution is 0.0389. The zero-order chi connectivity index (χ0) is 18.7. The highest BCUT2D eigenvalue weighted by Gasteiger charge is 2.14. The number of rotatable bonds is 8. The summed E-state index contributed by atoms with van der Waals surface area (Å²) < 4.78 is 5.40. The van der Waals surface area contributed by atoms with Crippen LogP contribution in [0.5, 0.6) is 0 Å². The molecular formula is C21H35N5O. The van der Waals surface area contributed by atoms with Crippen molar-refractivity contribution >= 4 is 5.96 Å². The Bertz CT molecular complexity index is 586. The zero-order valence-corrected chi connectivity index (χ0v) is 16.8. The van der Waals surface area contributed by atoms with E-state index in [-0.39, 0.29) is 0 Å². The molecule has 0 saturated carbocycles. The van der Waals surface area contributed by atoms with E-state index in [1.165, 1.54) is 24.1 Å². The first-order valence-corrected chi connectivity index (χ1v) is 10.5. The first-order valence-electron chi connectivity index (χ1n) is 10.5. The molecule has 2 heterocycles. The zero-order valence-electron chi connectivity index (χ0n) is 16.8. The highest BCUT2D eigenvalue weighted by Crippen LogP contribution is 2.18. The van der Waals surface area contributed by atoms with E-state index in [9.17, 15) is 0 Å². The van der Waals surface area contributed by atoms with E-state index in [0.29, 0.717) is 0 Å². The van der Waals surface area contributed by atoms with Crippen molar-refractivity contribution in [2.45, 2.75) is 26.3 Å². The molecule has 0 unspecified atom stereocenters. The summed E-state index contributed by atoms with van der Waals surface area (Å²) >= 11 is 0. The number of guanidine groups is 1. The molecule has 6 heteroatoms. The topological polar surface area (TPSA) is 52.1 Å². The smallest absolute Gasteiger partial charge is 0.191 e. The van der Waals surface area contributed by atoms with Gasteiger partial charge < -0.3 is 15.4 Å². The third kappa shape index (κ3) is 6.79. The van der Waals surface area contributed by atoms with E-state index in [1.807, 2.05) is 0 Å². The predicted molar refractivity (Wildman–Crippen MR) is 111 cm³/mol. The standard InChI is InChI=1S/C21H35N5O/c1-2-22-21(24-10-13-25-14-16-27-17-15-25)23-9-5-11-26-12-8-19-6-3-4-7-20(19)18-26/h3-4,6-7H,2,5,8-18H2,1H3,(H2,22,23,24). The summed E-state index contributed by atoms with van der Waals surface area (Å²) in [4.78, 5) is 9.74.